The number of rotatable bonds is 9. The predicted molar refractivity (Wildman–Crippen MR) is 171 cm³/mol. The van der Waals surface area contributed by atoms with Gasteiger partial charge in [0.25, 0.3) is 5.91 Å². The van der Waals surface area contributed by atoms with Crippen LogP contribution in [0, 0.1) is 17.8 Å². The average molecular weight is 629 g/mol. The molecule has 7 rings (SSSR count). The van der Waals surface area contributed by atoms with Crippen LogP contribution in [0.2, 0.25) is 0 Å². The Morgan fingerprint density at radius 1 is 0.889 bits per heavy atom. The Labute approximate surface area is 270 Å². The van der Waals surface area contributed by atoms with Crippen molar-refractivity contribution in [2.45, 2.75) is 127 Å². The van der Waals surface area contributed by atoms with E-state index in [1.54, 1.807) is 4.90 Å². The number of piperazine rings is 1. The second-order valence-electron chi connectivity index (χ2n) is 15.2. The normalized spacial score (nSPS) is 39.1. The number of carbonyl (C=O) groups is 2. The van der Waals surface area contributed by atoms with E-state index in [0.29, 0.717) is 38.1 Å². The first-order chi connectivity index (χ1) is 22.0. The summed E-state index contributed by atoms with van der Waals surface area (Å²) in [6, 6.07) is -0.384. The smallest absolute Gasteiger partial charge is 0.259 e. The number of Topliss-reactive ketones (excluding diaryl/α,β-unsaturated/α-hetero) is 1. The maximum atomic E-state index is 16.6. The van der Waals surface area contributed by atoms with Gasteiger partial charge in [-0.1, -0.05) is 64.7 Å². The van der Waals surface area contributed by atoms with Crippen LogP contribution in [0.25, 0.3) is 0 Å². The zero-order chi connectivity index (χ0) is 30.9. The van der Waals surface area contributed by atoms with Gasteiger partial charge >= 0.3 is 0 Å². The van der Waals surface area contributed by atoms with E-state index in [2.05, 4.69) is 21.6 Å². The van der Waals surface area contributed by atoms with Gasteiger partial charge in [0.2, 0.25) is 0 Å². The molecular formula is C36H57FN4O4. The van der Waals surface area contributed by atoms with Crippen molar-refractivity contribution in [2.75, 3.05) is 59.0 Å². The van der Waals surface area contributed by atoms with E-state index in [1.165, 1.54) is 64.2 Å². The topological polar surface area (TPSA) is 65.6 Å². The van der Waals surface area contributed by atoms with Gasteiger partial charge in [0.05, 0.1) is 49.1 Å². The summed E-state index contributed by atoms with van der Waals surface area (Å²) in [5.41, 5.74) is 0.261. The Hall–Kier alpha value is -1.55. The van der Waals surface area contributed by atoms with E-state index < -0.39 is 12.1 Å². The quantitative estimate of drug-likeness (QED) is 0.277. The lowest BCUT2D eigenvalue weighted by molar-refractivity contribution is -0.222. The number of alkyl halides is 1. The highest BCUT2D eigenvalue weighted by molar-refractivity contribution is 6.20. The molecule has 0 aromatic heterocycles. The lowest BCUT2D eigenvalue weighted by Gasteiger charge is -2.62. The van der Waals surface area contributed by atoms with Gasteiger partial charge in [-0.3, -0.25) is 14.5 Å². The minimum Gasteiger partial charge on any atom is -0.378 e. The zero-order valence-corrected chi connectivity index (χ0v) is 27.6. The first-order valence-corrected chi connectivity index (χ1v) is 18.7. The van der Waals surface area contributed by atoms with Crippen LogP contribution < -0.4 is 0 Å². The molecule has 9 heteroatoms. The van der Waals surface area contributed by atoms with E-state index in [4.69, 9.17) is 9.47 Å². The Bertz CT molecular complexity index is 1080. The summed E-state index contributed by atoms with van der Waals surface area (Å²) in [4.78, 5) is 36.9. The van der Waals surface area contributed by atoms with Crippen molar-refractivity contribution in [3.8, 4) is 0 Å². The molecule has 0 spiro atoms. The van der Waals surface area contributed by atoms with Crippen LogP contribution in [-0.2, 0) is 19.1 Å². The van der Waals surface area contributed by atoms with Crippen LogP contribution >= 0.6 is 0 Å². The van der Waals surface area contributed by atoms with Gasteiger partial charge in [0.1, 0.15) is 6.17 Å². The number of halogens is 1. The number of unbranched alkanes of at least 4 members (excludes halogenated alkanes) is 5. The molecular weight excluding hydrogens is 571 g/mol. The number of carbonyl (C=O) groups excluding carboxylic acids is 2. The van der Waals surface area contributed by atoms with E-state index in [-0.39, 0.29) is 54.0 Å². The molecule has 3 saturated carbocycles. The number of nitrogens with zero attached hydrogens (tertiary/aromatic N) is 4. The molecule has 4 aliphatic heterocycles. The van der Waals surface area contributed by atoms with Gasteiger partial charge in [0.15, 0.2) is 5.78 Å². The largest absolute Gasteiger partial charge is 0.378 e. The number of amides is 1. The minimum atomic E-state index is -1.15. The fraction of sp³-hybridized carbons (Fsp3) is 0.889. The standard InChI is InChI=1S/C36H57FN4O4/c1-2-3-4-5-6-9-12-38-13-15-39(16-14-38)33-29(37)23-27-32-35(33)45-31-22-26-11-8-7-10-25(26)21-30(31)41(32)24-28(34(27)42)36(43)40-17-19-44-20-18-40/h24-27,29-33,35H,2-23H2,1H3. The van der Waals surface area contributed by atoms with Crippen LogP contribution in [0.4, 0.5) is 4.39 Å². The van der Waals surface area contributed by atoms with Gasteiger partial charge in [-0.15, -0.1) is 0 Å². The Morgan fingerprint density at radius 3 is 2.36 bits per heavy atom. The van der Waals surface area contributed by atoms with Crippen LogP contribution in [-0.4, -0.2) is 127 Å². The number of ether oxygens (including phenoxy) is 2. The van der Waals surface area contributed by atoms with E-state index >= 15 is 4.39 Å². The summed E-state index contributed by atoms with van der Waals surface area (Å²) in [5.74, 6) is 0.440. The van der Waals surface area contributed by atoms with Gasteiger partial charge < -0.3 is 24.2 Å². The van der Waals surface area contributed by atoms with Crippen LogP contribution in [0.15, 0.2) is 11.8 Å². The Kier molecular flexibility index (Phi) is 10.2. The maximum absolute atomic E-state index is 16.6. The minimum absolute atomic E-state index is 0.0252. The highest BCUT2D eigenvalue weighted by Crippen LogP contribution is 2.51. The number of hydrogen-bond donors (Lipinski definition) is 0. The van der Waals surface area contributed by atoms with Gasteiger partial charge in [0, 0.05) is 51.4 Å². The second kappa shape index (κ2) is 14.3. The van der Waals surface area contributed by atoms with Crippen molar-refractivity contribution < 1.29 is 23.5 Å². The molecule has 4 heterocycles. The zero-order valence-electron chi connectivity index (χ0n) is 27.6. The molecule has 6 fully saturated rings. The molecule has 252 valence electrons. The van der Waals surface area contributed by atoms with Crippen LogP contribution in [0.5, 0.6) is 0 Å². The third kappa shape index (κ3) is 6.49. The third-order valence-electron chi connectivity index (χ3n) is 12.6. The van der Waals surface area contributed by atoms with E-state index in [1.807, 2.05) is 6.20 Å². The molecule has 7 aliphatic rings. The number of ketones is 1. The molecule has 9 unspecified atom stereocenters. The van der Waals surface area contributed by atoms with E-state index in [0.717, 1.165) is 45.6 Å². The molecule has 0 aromatic carbocycles. The van der Waals surface area contributed by atoms with Gasteiger partial charge in [-0.25, -0.2) is 4.39 Å². The number of morpholine rings is 2. The highest BCUT2D eigenvalue weighted by atomic mass is 19.1. The van der Waals surface area contributed by atoms with Crippen molar-refractivity contribution in [3.05, 3.63) is 11.8 Å². The first kappa shape index (κ1) is 32.0. The fourth-order valence-corrected chi connectivity index (χ4v) is 10.2. The summed E-state index contributed by atoms with van der Waals surface area (Å²) in [7, 11) is 0. The summed E-state index contributed by atoms with van der Waals surface area (Å²) >= 11 is 0. The highest BCUT2D eigenvalue weighted by Gasteiger charge is 2.60. The molecule has 1 amide bonds. The molecule has 3 aliphatic carbocycles. The summed E-state index contributed by atoms with van der Waals surface area (Å²) in [6.07, 6.45) is 15.6. The monoisotopic (exact) mass is 628 g/mol. The molecule has 8 nitrogen and oxygen atoms in total. The van der Waals surface area contributed by atoms with Crippen molar-refractivity contribution in [2.24, 2.45) is 17.8 Å². The lowest BCUT2D eigenvalue weighted by Crippen LogP contribution is -2.74. The fourth-order valence-electron chi connectivity index (χ4n) is 10.2. The van der Waals surface area contributed by atoms with Crippen molar-refractivity contribution in [1.29, 1.82) is 0 Å². The Balaban J connectivity index is 1.10. The molecule has 0 N–H and O–H groups in total. The molecule has 0 radical (unpaired) electrons. The van der Waals surface area contributed by atoms with Gasteiger partial charge in [-0.05, 0) is 44.1 Å². The maximum Gasteiger partial charge on any atom is 0.259 e. The molecule has 9 atom stereocenters. The van der Waals surface area contributed by atoms with Crippen LogP contribution in [0.3, 0.4) is 0 Å². The molecule has 45 heavy (non-hydrogen) atoms. The second-order valence-corrected chi connectivity index (χ2v) is 15.2. The molecule has 3 saturated heterocycles. The number of fused-ring (bicyclic) bond motifs is 3. The van der Waals surface area contributed by atoms with Gasteiger partial charge in [-0.2, -0.15) is 0 Å². The average Bonchev–Trinajstić information content (AvgIpc) is 3.07. The van der Waals surface area contributed by atoms with Crippen molar-refractivity contribution in [3.63, 3.8) is 0 Å². The Morgan fingerprint density at radius 2 is 1.60 bits per heavy atom. The summed E-state index contributed by atoms with van der Waals surface area (Å²) in [5, 5.41) is 0. The SMILES string of the molecule is CCCCCCCCN1CCN(C2C(F)CC3C(=O)C(C(=O)N4CCOCC4)=CN4C5CC6CCCCC6CC5OC2C34)CC1. The van der Waals surface area contributed by atoms with E-state index in [9.17, 15) is 9.59 Å². The van der Waals surface area contributed by atoms with Crippen molar-refractivity contribution in [1.82, 2.24) is 19.6 Å². The third-order valence-corrected chi connectivity index (χ3v) is 12.6. The number of hydrogen-bond acceptors (Lipinski definition) is 7. The van der Waals surface area contributed by atoms with Crippen molar-refractivity contribution >= 4 is 11.7 Å². The molecule has 0 bridgehead atoms. The summed E-state index contributed by atoms with van der Waals surface area (Å²) < 4.78 is 29.1. The first-order valence-electron chi connectivity index (χ1n) is 18.7. The van der Waals surface area contributed by atoms with Crippen LogP contribution in [0.1, 0.15) is 90.4 Å². The lowest BCUT2D eigenvalue weighted by atomic mass is 9.64. The predicted octanol–water partition coefficient (Wildman–Crippen LogP) is 4.42. The summed E-state index contributed by atoms with van der Waals surface area (Å²) in [6.45, 7) is 9.01. The molecule has 0 aromatic rings.